The van der Waals surface area contributed by atoms with Crippen molar-refractivity contribution in [1.29, 1.82) is 0 Å². The predicted octanol–water partition coefficient (Wildman–Crippen LogP) is 1.00. The number of carbonyl (C=O) groups is 1. The maximum Gasteiger partial charge on any atom is 0.335 e. The van der Waals surface area contributed by atoms with E-state index in [0.717, 1.165) is 19.2 Å². The van der Waals surface area contributed by atoms with Crippen LogP contribution in [0.15, 0.2) is 18.2 Å². The van der Waals surface area contributed by atoms with Gasteiger partial charge in [0.2, 0.25) is 0 Å². The van der Waals surface area contributed by atoms with Gasteiger partial charge in [0.05, 0.1) is 23.7 Å². The van der Waals surface area contributed by atoms with Crippen LogP contribution in [0, 0.1) is 10.1 Å². The smallest absolute Gasteiger partial charge is 0.335 e. The van der Waals surface area contributed by atoms with Crippen molar-refractivity contribution in [2.75, 3.05) is 39.5 Å². The van der Waals surface area contributed by atoms with Gasteiger partial charge >= 0.3 is 11.7 Å². The molecule has 1 saturated heterocycles. The SMILES string of the molecule is O=C(O)c1ccc(OCCN2CCOCC2)c([N+](=O)[O-])c1. The predicted molar refractivity (Wildman–Crippen MR) is 72.8 cm³/mol. The van der Waals surface area contributed by atoms with Gasteiger partial charge in [0.1, 0.15) is 6.61 Å². The number of nitro groups is 1. The van der Waals surface area contributed by atoms with Gasteiger partial charge in [-0.25, -0.2) is 4.79 Å². The van der Waals surface area contributed by atoms with Crippen LogP contribution in [0.2, 0.25) is 0 Å². The first-order chi connectivity index (χ1) is 10.1. The minimum absolute atomic E-state index is 0.0817. The molecule has 1 aromatic rings. The summed E-state index contributed by atoms with van der Waals surface area (Å²) in [4.78, 5) is 23.3. The van der Waals surface area contributed by atoms with Crippen molar-refractivity contribution in [3.8, 4) is 5.75 Å². The second kappa shape index (κ2) is 7.00. The van der Waals surface area contributed by atoms with Gasteiger partial charge in [-0.1, -0.05) is 0 Å². The van der Waals surface area contributed by atoms with E-state index >= 15 is 0 Å². The Morgan fingerprint density at radius 3 is 2.76 bits per heavy atom. The number of nitrogens with zero attached hydrogens (tertiary/aromatic N) is 2. The summed E-state index contributed by atoms with van der Waals surface area (Å²) in [5.41, 5.74) is -0.473. The zero-order valence-corrected chi connectivity index (χ0v) is 11.4. The Morgan fingerprint density at radius 1 is 1.43 bits per heavy atom. The third kappa shape index (κ3) is 4.14. The van der Waals surface area contributed by atoms with Crippen molar-refractivity contribution < 1.29 is 24.3 Å². The molecule has 1 heterocycles. The highest BCUT2D eigenvalue weighted by atomic mass is 16.6. The summed E-state index contributed by atoms with van der Waals surface area (Å²) in [5.74, 6) is -1.13. The molecule has 1 aliphatic rings. The Kier molecular flexibility index (Phi) is 5.07. The molecule has 0 radical (unpaired) electrons. The number of hydrogen-bond acceptors (Lipinski definition) is 6. The number of ether oxygens (including phenoxy) is 2. The van der Waals surface area contributed by atoms with Crippen LogP contribution in [0.4, 0.5) is 5.69 Å². The molecular weight excluding hydrogens is 280 g/mol. The van der Waals surface area contributed by atoms with E-state index in [-0.39, 0.29) is 17.0 Å². The van der Waals surface area contributed by atoms with Crippen LogP contribution in [0.3, 0.4) is 0 Å². The molecule has 0 aromatic heterocycles. The topological polar surface area (TPSA) is 102 Å². The Hall–Kier alpha value is -2.19. The van der Waals surface area contributed by atoms with E-state index in [4.69, 9.17) is 14.6 Å². The zero-order valence-electron chi connectivity index (χ0n) is 11.4. The number of benzene rings is 1. The summed E-state index contributed by atoms with van der Waals surface area (Å²) in [6.45, 7) is 3.90. The average molecular weight is 296 g/mol. The minimum atomic E-state index is -1.21. The molecule has 0 amide bonds. The first-order valence-electron chi connectivity index (χ1n) is 6.52. The molecule has 1 aliphatic heterocycles. The first kappa shape index (κ1) is 15.2. The Balaban J connectivity index is 1.98. The van der Waals surface area contributed by atoms with Crippen LogP contribution in [-0.2, 0) is 4.74 Å². The fraction of sp³-hybridized carbons (Fsp3) is 0.462. The normalized spacial score (nSPS) is 15.6. The molecule has 1 aromatic carbocycles. The number of rotatable bonds is 6. The molecule has 0 bridgehead atoms. The van der Waals surface area contributed by atoms with Gasteiger partial charge in [0, 0.05) is 25.7 Å². The van der Waals surface area contributed by atoms with Crippen LogP contribution in [0.1, 0.15) is 10.4 Å². The molecule has 114 valence electrons. The van der Waals surface area contributed by atoms with Gasteiger partial charge in [-0.3, -0.25) is 15.0 Å². The van der Waals surface area contributed by atoms with Gasteiger partial charge in [-0.2, -0.15) is 0 Å². The van der Waals surface area contributed by atoms with Crippen molar-refractivity contribution >= 4 is 11.7 Å². The van der Waals surface area contributed by atoms with Gasteiger partial charge in [-0.15, -0.1) is 0 Å². The molecule has 0 saturated carbocycles. The summed E-state index contributed by atoms with van der Waals surface area (Å²) >= 11 is 0. The monoisotopic (exact) mass is 296 g/mol. The highest BCUT2D eigenvalue weighted by Gasteiger charge is 2.19. The fourth-order valence-electron chi connectivity index (χ4n) is 2.02. The molecule has 1 fully saturated rings. The molecule has 0 spiro atoms. The third-order valence-corrected chi connectivity index (χ3v) is 3.17. The standard InChI is InChI=1S/C13H16N2O6/c16-13(17)10-1-2-12(11(9-10)15(18)19)21-8-5-14-3-6-20-7-4-14/h1-2,9H,3-8H2,(H,16,17). The Labute approximate surface area is 121 Å². The van der Waals surface area contributed by atoms with Crippen LogP contribution in [0.5, 0.6) is 5.75 Å². The highest BCUT2D eigenvalue weighted by molar-refractivity contribution is 5.88. The summed E-state index contributed by atoms with van der Waals surface area (Å²) in [6.07, 6.45) is 0. The highest BCUT2D eigenvalue weighted by Crippen LogP contribution is 2.28. The van der Waals surface area contributed by atoms with Crippen molar-refractivity contribution in [3.63, 3.8) is 0 Å². The molecule has 0 atom stereocenters. The van der Waals surface area contributed by atoms with E-state index in [1.807, 2.05) is 0 Å². The van der Waals surface area contributed by atoms with E-state index in [2.05, 4.69) is 4.90 Å². The lowest BCUT2D eigenvalue weighted by Gasteiger charge is -2.26. The Morgan fingerprint density at radius 2 is 2.14 bits per heavy atom. The maximum atomic E-state index is 11.0. The van der Waals surface area contributed by atoms with E-state index in [9.17, 15) is 14.9 Å². The quantitative estimate of drug-likeness (QED) is 0.617. The summed E-state index contributed by atoms with van der Waals surface area (Å²) in [7, 11) is 0. The minimum Gasteiger partial charge on any atom is -0.485 e. The van der Waals surface area contributed by atoms with Crippen molar-refractivity contribution in [3.05, 3.63) is 33.9 Å². The number of aromatic carboxylic acids is 1. The van der Waals surface area contributed by atoms with Gasteiger partial charge in [0.25, 0.3) is 0 Å². The molecule has 8 heteroatoms. The van der Waals surface area contributed by atoms with E-state index in [1.165, 1.54) is 12.1 Å². The van der Waals surface area contributed by atoms with Crippen LogP contribution < -0.4 is 4.74 Å². The summed E-state index contributed by atoms with van der Waals surface area (Å²) < 4.78 is 10.6. The van der Waals surface area contributed by atoms with Gasteiger partial charge in [-0.05, 0) is 12.1 Å². The average Bonchev–Trinajstić information content (AvgIpc) is 2.48. The second-order valence-electron chi connectivity index (χ2n) is 4.55. The number of morpholine rings is 1. The lowest BCUT2D eigenvalue weighted by Crippen LogP contribution is -2.38. The van der Waals surface area contributed by atoms with E-state index in [1.54, 1.807) is 0 Å². The molecular formula is C13H16N2O6. The van der Waals surface area contributed by atoms with Crippen molar-refractivity contribution in [2.45, 2.75) is 0 Å². The third-order valence-electron chi connectivity index (χ3n) is 3.17. The van der Waals surface area contributed by atoms with Crippen molar-refractivity contribution in [1.82, 2.24) is 4.90 Å². The lowest BCUT2D eigenvalue weighted by atomic mass is 10.2. The lowest BCUT2D eigenvalue weighted by molar-refractivity contribution is -0.385. The van der Waals surface area contributed by atoms with E-state index in [0.29, 0.717) is 26.4 Å². The first-order valence-corrected chi connectivity index (χ1v) is 6.52. The van der Waals surface area contributed by atoms with Crippen molar-refractivity contribution in [2.24, 2.45) is 0 Å². The largest absolute Gasteiger partial charge is 0.485 e. The fourth-order valence-corrected chi connectivity index (χ4v) is 2.02. The number of carboxylic acids is 1. The summed E-state index contributed by atoms with van der Waals surface area (Å²) in [6, 6.07) is 3.62. The van der Waals surface area contributed by atoms with E-state index < -0.39 is 10.9 Å². The Bertz CT molecular complexity index is 527. The number of hydrogen-bond donors (Lipinski definition) is 1. The molecule has 1 N–H and O–H groups in total. The van der Waals surface area contributed by atoms with Crippen LogP contribution in [0.25, 0.3) is 0 Å². The van der Waals surface area contributed by atoms with Gasteiger partial charge < -0.3 is 14.6 Å². The maximum absolute atomic E-state index is 11.0. The molecule has 0 unspecified atom stereocenters. The molecule has 0 aliphatic carbocycles. The number of carboxylic acid groups (broad SMARTS) is 1. The molecule has 8 nitrogen and oxygen atoms in total. The van der Waals surface area contributed by atoms with Crippen LogP contribution >= 0.6 is 0 Å². The molecule has 2 rings (SSSR count). The zero-order chi connectivity index (χ0) is 15.2. The number of nitro benzene ring substituents is 1. The van der Waals surface area contributed by atoms with Gasteiger partial charge in [0.15, 0.2) is 5.75 Å². The summed E-state index contributed by atoms with van der Waals surface area (Å²) in [5, 5.41) is 19.8. The molecule has 21 heavy (non-hydrogen) atoms. The second-order valence-corrected chi connectivity index (χ2v) is 4.55. The van der Waals surface area contributed by atoms with Crippen LogP contribution in [-0.4, -0.2) is 60.4 Å².